The van der Waals surface area contributed by atoms with E-state index in [1.54, 1.807) is 0 Å². The Kier molecular flexibility index (Phi) is 2.35. The molecular weight excluding hydrogens is 194 g/mol. The number of carbonyl (C=O) groups excluding carboxylic acids is 1. The molecule has 0 aromatic heterocycles. The van der Waals surface area contributed by atoms with E-state index in [2.05, 4.69) is 0 Å². The van der Waals surface area contributed by atoms with Crippen molar-refractivity contribution in [3.8, 4) is 0 Å². The van der Waals surface area contributed by atoms with Crippen molar-refractivity contribution in [2.24, 2.45) is 0 Å². The summed E-state index contributed by atoms with van der Waals surface area (Å²) in [5, 5.41) is 0. The van der Waals surface area contributed by atoms with Crippen molar-refractivity contribution in [1.29, 1.82) is 0 Å². The van der Waals surface area contributed by atoms with Gasteiger partial charge in [0.2, 0.25) is 0 Å². The second-order valence-electron chi connectivity index (χ2n) is 2.33. The van der Waals surface area contributed by atoms with E-state index < -0.39 is 16.0 Å². The summed E-state index contributed by atoms with van der Waals surface area (Å²) < 4.78 is 29.8. The highest BCUT2D eigenvalue weighted by molar-refractivity contribution is 7.85. The lowest BCUT2D eigenvalue weighted by Gasteiger charge is -1.97. The van der Waals surface area contributed by atoms with Gasteiger partial charge < -0.3 is 0 Å². The molecule has 0 bridgehead atoms. The first kappa shape index (κ1) is 9.69. The van der Waals surface area contributed by atoms with Crippen LogP contribution in [0.1, 0.15) is 10.4 Å². The molecule has 1 aromatic carbocycles. The van der Waals surface area contributed by atoms with Crippen LogP contribution in [0.25, 0.3) is 0 Å². The molecule has 0 aliphatic heterocycles. The molecule has 5 nitrogen and oxygen atoms in total. The Balaban J connectivity index is 3.29. The average Bonchev–Trinajstić information content (AvgIpc) is 2.03. The lowest BCUT2D eigenvalue weighted by atomic mass is 10.2. The van der Waals surface area contributed by atoms with Crippen LogP contribution in [0, 0.1) is 0 Å². The van der Waals surface area contributed by atoms with Gasteiger partial charge in [-0.15, -0.1) is 0 Å². The Bertz CT molecular complexity index is 438. The average molecular weight is 200 g/mol. The number of carbonyl (C=O) groups is 1. The lowest BCUT2D eigenvalue weighted by Crippen LogP contribution is -2.03. The zero-order chi connectivity index (χ0) is 10.1. The van der Waals surface area contributed by atoms with Crippen molar-refractivity contribution in [2.45, 2.75) is 4.90 Å². The Morgan fingerprint density at radius 2 is 2.00 bits per heavy atom. The predicted octanol–water partition coefficient (Wildman–Crippen LogP) is 0.356. The van der Waals surface area contributed by atoms with Gasteiger partial charge in [0.25, 0.3) is 16.0 Å². The maximum Gasteiger partial charge on any atom is 0.294 e. The summed E-state index contributed by atoms with van der Waals surface area (Å²) in [7, 11) is -4.29. The Morgan fingerprint density at radius 3 is 2.46 bits per heavy atom. The zero-order valence-electron chi connectivity index (χ0n) is 6.39. The number of hydrogen-bond acceptors (Lipinski definition) is 3. The molecule has 6 heteroatoms. The molecule has 0 atom stereocenters. The van der Waals surface area contributed by atoms with E-state index in [0.29, 0.717) is 0 Å². The normalized spacial score (nSPS) is 11.2. The van der Waals surface area contributed by atoms with E-state index >= 15 is 0 Å². The molecule has 0 aliphatic rings. The summed E-state index contributed by atoms with van der Waals surface area (Å²) in [6, 6.07) is 4.67. The minimum atomic E-state index is -4.29. The van der Waals surface area contributed by atoms with E-state index in [9.17, 15) is 13.2 Å². The van der Waals surface area contributed by atoms with E-state index in [-0.39, 0.29) is 10.5 Å². The van der Waals surface area contributed by atoms with Crippen molar-refractivity contribution >= 4 is 16.0 Å². The van der Waals surface area contributed by atoms with Gasteiger partial charge in [0.15, 0.2) is 0 Å². The summed E-state index contributed by atoms with van der Waals surface area (Å²) in [4.78, 5) is 10.1. The van der Waals surface area contributed by atoms with Gasteiger partial charge in [-0.05, 0) is 18.2 Å². The van der Waals surface area contributed by atoms with Gasteiger partial charge in [-0.1, -0.05) is 6.07 Å². The monoisotopic (exact) mass is 200 g/mol. The number of benzene rings is 1. The van der Waals surface area contributed by atoms with Gasteiger partial charge in [0, 0.05) is 5.56 Å². The third-order valence-electron chi connectivity index (χ3n) is 1.39. The number of hydrogen-bond donors (Lipinski definition) is 1. The van der Waals surface area contributed by atoms with E-state index in [1.807, 2.05) is 0 Å². The van der Waals surface area contributed by atoms with E-state index in [1.165, 1.54) is 12.1 Å². The molecule has 1 rings (SSSR count). The minimum Gasteiger partial charge on any atom is -0.282 e. The second-order valence-corrected chi connectivity index (χ2v) is 3.75. The molecule has 0 fully saturated rings. The largest absolute Gasteiger partial charge is 0.294 e. The number of rotatable bonds is 2. The van der Waals surface area contributed by atoms with Gasteiger partial charge in [0.05, 0.1) is 4.90 Å². The lowest BCUT2D eigenvalue weighted by molar-refractivity contribution is 0.0992. The third kappa shape index (κ3) is 2.27. The molecule has 1 aromatic rings. The topological polar surface area (TPSA) is 95.2 Å². The number of nitrogens with one attached hydrogen (secondary N) is 1. The molecular formula is C7H6NO4S. The SMILES string of the molecule is [NH]C(=O)c1cccc(S(=O)(=O)O)c1. The first-order valence-corrected chi connectivity index (χ1v) is 4.69. The minimum absolute atomic E-state index is 0.0740. The standard InChI is InChI=1S/C7H6NO4S/c8-7(9)5-2-1-3-6(4-5)13(10,11)12/h1-4,8H,(H,10,11,12). The Morgan fingerprint density at radius 1 is 1.38 bits per heavy atom. The summed E-state index contributed by atoms with van der Waals surface area (Å²) in [6.45, 7) is 0. The maximum absolute atomic E-state index is 10.6. The fourth-order valence-electron chi connectivity index (χ4n) is 0.798. The van der Waals surface area contributed by atoms with Gasteiger partial charge >= 0.3 is 0 Å². The molecule has 0 spiro atoms. The van der Waals surface area contributed by atoms with Crippen molar-refractivity contribution in [3.05, 3.63) is 29.8 Å². The van der Waals surface area contributed by atoms with Crippen LogP contribution in [0.3, 0.4) is 0 Å². The van der Waals surface area contributed by atoms with Crippen molar-refractivity contribution in [3.63, 3.8) is 0 Å². The fraction of sp³-hybridized carbons (Fsp3) is 0. The summed E-state index contributed by atoms with van der Waals surface area (Å²) in [5.41, 5.74) is 6.63. The molecule has 13 heavy (non-hydrogen) atoms. The molecule has 0 saturated carbocycles. The summed E-state index contributed by atoms with van der Waals surface area (Å²) >= 11 is 0. The van der Waals surface area contributed by atoms with Crippen LogP contribution in [0.2, 0.25) is 0 Å². The van der Waals surface area contributed by atoms with Crippen molar-refractivity contribution < 1.29 is 17.8 Å². The summed E-state index contributed by atoms with van der Waals surface area (Å²) in [6.07, 6.45) is 0. The molecule has 0 heterocycles. The third-order valence-corrected chi connectivity index (χ3v) is 2.24. The smallest absolute Gasteiger partial charge is 0.282 e. The maximum atomic E-state index is 10.6. The molecule has 0 unspecified atom stereocenters. The highest BCUT2D eigenvalue weighted by Gasteiger charge is 2.11. The second kappa shape index (κ2) is 3.15. The Hall–Kier alpha value is -1.40. The fourth-order valence-corrected chi connectivity index (χ4v) is 1.32. The van der Waals surface area contributed by atoms with Crippen LogP contribution in [-0.2, 0) is 10.1 Å². The van der Waals surface area contributed by atoms with Crippen molar-refractivity contribution in [1.82, 2.24) is 5.73 Å². The van der Waals surface area contributed by atoms with Gasteiger partial charge in [-0.2, -0.15) is 8.42 Å². The first-order valence-electron chi connectivity index (χ1n) is 3.25. The predicted molar refractivity (Wildman–Crippen MR) is 43.7 cm³/mol. The van der Waals surface area contributed by atoms with Gasteiger partial charge in [0.1, 0.15) is 0 Å². The van der Waals surface area contributed by atoms with E-state index in [4.69, 9.17) is 10.3 Å². The molecule has 0 aliphatic carbocycles. The first-order chi connectivity index (χ1) is 5.91. The summed E-state index contributed by atoms with van der Waals surface area (Å²) in [5.74, 6) is -0.995. The quantitative estimate of drug-likeness (QED) is 0.697. The zero-order valence-corrected chi connectivity index (χ0v) is 7.21. The highest BCUT2D eigenvalue weighted by Crippen LogP contribution is 2.10. The van der Waals surface area contributed by atoms with Crippen LogP contribution in [0.4, 0.5) is 0 Å². The molecule has 1 radical (unpaired) electrons. The van der Waals surface area contributed by atoms with E-state index in [0.717, 1.165) is 12.1 Å². The van der Waals surface area contributed by atoms with Crippen LogP contribution < -0.4 is 5.73 Å². The molecule has 1 amide bonds. The van der Waals surface area contributed by atoms with Crippen molar-refractivity contribution in [2.75, 3.05) is 0 Å². The highest BCUT2D eigenvalue weighted by atomic mass is 32.2. The van der Waals surface area contributed by atoms with Crippen LogP contribution >= 0.6 is 0 Å². The Labute approximate surface area is 74.9 Å². The van der Waals surface area contributed by atoms with Crippen LogP contribution in [-0.4, -0.2) is 18.9 Å². The van der Waals surface area contributed by atoms with Crippen LogP contribution in [0.5, 0.6) is 0 Å². The van der Waals surface area contributed by atoms with Gasteiger partial charge in [-0.3, -0.25) is 15.1 Å². The molecule has 69 valence electrons. The number of amides is 1. The molecule has 2 N–H and O–H groups in total. The molecule has 0 saturated heterocycles. The van der Waals surface area contributed by atoms with Crippen LogP contribution in [0.15, 0.2) is 29.2 Å². The van der Waals surface area contributed by atoms with Gasteiger partial charge in [-0.25, -0.2) is 0 Å².